The molecule has 0 atom stereocenters. The Bertz CT molecular complexity index is 1140. The third-order valence-electron chi connectivity index (χ3n) is 4.33. The second kappa shape index (κ2) is 8.14. The number of ether oxygens (including phenoxy) is 1. The standard InChI is InChI=1S/C23H19FN2O3/c1-2-13-28-19-10-5-15(6-11-19)22(27)25-18-9-12-21-20(14-18)26-23(29-21)16-3-7-17(24)8-4-16/h3-12,14H,2,13H2,1H3,(H,25,27). The SMILES string of the molecule is CCCOc1ccc(C(=O)Nc2ccc3oc(-c4ccc(F)cc4)nc3c2)cc1. The Hall–Kier alpha value is -3.67. The van der Waals surface area contributed by atoms with Gasteiger partial charge in [0.1, 0.15) is 17.1 Å². The van der Waals surface area contributed by atoms with Crippen LogP contribution in [0.2, 0.25) is 0 Å². The first kappa shape index (κ1) is 18.7. The van der Waals surface area contributed by atoms with Gasteiger partial charge in [-0.1, -0.05) is 6.92 Å². The van der Waals surface area contributed by atoms with Gasteiger partial charge in [-0.3, -0.25) is 4.79 Å². The summed E-state index contributed by atoms with van der Waals surface area (Å²) in [6.07, 6.45) is 0.926. The van der Waals surface area contributed by atoms with Crippen LogP contribution in [0.5, 0.6) is 5.75 Å². The first-order valence-electron chi connectivity index (χ1n) is 9.33. The Morgan fingerprint density at radius 3 is 2.55 bits per heavy atom. The Morgan fingerprint density at radius 1 is 1.07 bits per heavy atom. The predicted octanol–water partition coefficient (Wildman–Crippen LogP) is 5.68. The van der Waals surface area contributed by atoms with Gasteiger partial charge in [-0.15, -0.1) is 0 Å². The molecule has 0 radical (unpaired) electrons. The average molecular weight is 390 g/mol. The van der Waals surface area contributed by atoms with Gasteiger partial charge in [0.05, 0.1) is 6.61 Å². The number of aromatic nitrogens is 1. The lowest BCUT2D eigenvalue weighted by Gasteiger charge is -2.07. The molecule has 0 saturated heterocycles. The number of nitrogens with zero attached hydrogens (tertiary/aromatic N) is 1. The highest BCUT2D eigenvalue weighted by molar-refractivity contribution is 6.05. The number of amides is 1. The van der Waals surface area contributed by atoms with E-state index in [1.165, 1.54) is 12.1 Å². The van der Waals surface area contributed by atoms with Crippen molar-refractivity contribution in [2.45, 2.75) is 13.3 Å². The molecule has 3 aromatic carbocycles. The molecule has 0 fully saturated rings. The van der Waals surface area contributed by atoms with E-state index >= 15 is 0 Å². The number of halogens is 1. The summed E-state index contributed by atoms with van der Waals surface area (Å²) in [7, 11) is 0. The van der Waals surface area contributed by atoms with Gasteiger partial charge < -0.3 is 14.5 Å². The Labute approximate surface area is 167 Å². The maximum atomic E-state index is 13.1. The molecule has 0 saturated carbocycles. The largest absolute Gasteiger partial charge is 0.494 e. The van der Waals surface area contributed by atoms with Crippen molar-refractivity contribution < 1.29 is 18.3 Å². The van der Waals surface area contributed by atoms with Crippen molar-refractivity contribution in [3.8, 4) is 17.2 Å². The first-order chi connectivity index (χ1) is 14.1. The van der Waals surface area contributed by atoms with Gasteiger partial charge in [0.25, 0.3) is 5.91 Å². The first-order valence-corrected chi connectivity index (χ1v) is 9.33. The highest BCUT2D eigenvalue weighted by Gasteiger charge is 2.11. The predicted molar refractivity (Wildman–Crippen MR) is 110 cm³/mol. The summed E-state index contributed by atoms with van der Waals surface area (Å²) in [5.74, 6) is 0.584. The molecule has 1 N–H and O–H groups in total. The van der Waals surface area contributed by atoms with Crippen LogP contribution < -0.4 is 10.1 Å². The minimum absolute atomic E-state index is 0.228. The van der Waals surface area contributed by atoms with Crippen molar-refractivity contribution in [3.63, 3.8) is 0 Å². The van der Waals surface area contributed by atoms with Crippen molar-refractivity contribution in [1.82, 2.24) is 4.98 Å². The van der Waals surface area contributed by atoms with E-state index in [4.69, 9.17) is 9.15 Å². The van der Waals surface area contributed by atoms with Crippen LogP contribution in [-0.2, 0) is 0 Å². The molecule has 5 nitrogen and oxygen atoms in total. The van der Waals surface area contributed by atoms with Crippen molar-refractivity contribution in [3.05, 3.63) is 78.1 Å². The zero-order valence-electron chi connectivity index (χ0n) is 15.8. The second-order valence-electron chi connectivity index (χ2n) is 6.54. The molecule has 0 aliphatic heterocycles. The van der Waals surface area contributed by atoms with Crippen LogP contribution in [0.4, 0.5) is 10.1 Å². The molecular formula is C23H19FN2O3. The summed E-state index contributed by atoms with van der Waals surface area (Å²) in [5, 5.41) is 2.86. The van der Waals surface area contributed by atoms with E-state index in [1.807, 2.05) is 6.92 Å². The molecule has 1 aromatic heterocycles. The van der Waals surface area contributed by atoms with E-state index in [2.05, 4.69) is 10.3 Å². The molecule has 146 valence electrons. The lowest BCUT2D eigenvalue weighted by Crippen LogP contribution is -2.11. The number of hydrogen-bond donors (Lipinski definition) is 1. The van der Waals surface area contributed by atoms with Crippen LogP contribution in [0.1, 0.15) is 23.7 Å². The van der Waals surface area contributed by atoms with E-state index < -0.39 is 0 Å². The summed E-state index contributed by atoms with van der Waals surface area (Å²) in [4.78, 5) is 16.9. The van der Waals surface area contributed by atoms with E-state index in [9.17, 15) is 9.18 Å². The molecule has 4 aromatic rings. The monoisotopic (exact) mass is 390 g/mol. The number of hydrogen-bond acceptors (Lipinski definition) is 4. The number of nitrogens with one attached hydrogen (secondary N) is 1. The number of carbonyl (C=O) groups excluding carboxylic acids is 1. The third-order valence-corrected chi connectivity index (χ3v) is 4.33. The molecule has 1 amide bonds. The van der Waals surface area contributed by atoms with E-state index in [0.717, 1.165) is 12.2 Å². The molecule has 6 heteroatoms. The van der Waals surface area contributed by atoms with Crippen molar-refractivity contribution >= 4 is 22.7 Å². The number of rotatable bonds is 6. The summed E-state index contributed by atoms with van der Waals surface area (Å²) in [6, 6.07) is 18.2. The van der Waals surface area contributed by atoms with Crippen molar-refractivity contribution in [2.24, 2.45) is 0 Å². The fraction of sp³-hybridized carbons (Fsp3) is 0.130. The smallest absolute Gasteiger partial charge is 0.255 e. The number of carbonyl (C=O) groups is 1. The number of benzene rings is 3. The van der Waals surface area contributed by atoms with Crippen LogP contribution in [0.15, 0.2) is 71.1 Å². The lowest BCUT2D eigenvalue weighted by atomic mass is 10.2. The van der Waals surface area contributed by atoms with Crippen LogP contribution in [0, 0.1) is 5.82 Å². The summed E-state index contributed by atoms with van der Waals surface area (Å²) >= 11 is 0. The van der Waals surface area contributed by atoms with Gasteiger partial charge >= 0.3 is 0 Å². The van der Waals surface area contributed by atoms with Crippen LogP contribution in [0.3, 0.4) is 0 Å². The molecule has 0 spiro atoms. The minimum atomic E-state index is -0.320. The van der Waals surface area contributed by atoms with E-state index in [0.29, 0.717) is 40.4 Å². The highest BCUT2D eigenvalue weighted by Crippen LogP contribution is 2.26. The van der Waals surface area contributed by atoms with Crippen LogP contribution in [0.25, 0.3) is 22.6 Å². The summed E-state index contributed by atoms with van der Waals surface area (Å²) in [5.41, 5.74) is 3.00. The molecule has 0 bridgehead atoms. The molecule has 1 heterocycles. The normalized spacial score (nSPS) is 10.8. The van der Waals surface area contributed by atoms with Gasteiger partial charge in [-0.2, -0.15) is 0 Å². The topological polar surface area (TPSA) is 64.4 Å². The number of anilines is 1. The molecule has 0 aliphatic rings. The molecule has 0 aliphatic carbocycles. The fourth-order valence-electron chi connectivity index (χ4n) is 2.85. The zero-order valence-corrected chi connectivity index (χ0v) is 15.8. The summed E-state index contributed by atoms with van der Waals surface area (Å²) < 4.78 is 24.4. The molecule has 4 rings (SSSR count). The zero-order chi connectivity index (χ0) is 20.2. The van der Waals surface area contributed by atoms with Gasteiger partial charge in [-0.05, 0) is 73.2 Å². The Kier molecular flexibility index (Phi) is 5.24. The van der Waals surface area contributed by atoms with E-state index in [1.54, 1.807) is 54.6 Å². The fourth-order valence-corrected chi connectivity index (χ4v) is 2.85. The highest BCUT2D eigenvalue weighted by atomic mass is 19.1. The van der Waals surface area contributed by atoms with Crippen molar-refractivity contribution in [2.75, 3.05) is 11.9 Å². The number of oxazole rings is 1. The molecular weight excluding hydrogens is 371 g/mol. The van der Waals surface area contributed by atoms with Gasteiger partial charge in [0.2, 0.25) is 5.89 Å². The van der Waals surface area contributed by atoms with Crippen molar-refractivity contribution in [1.29, 1.82) is 0 Å². The second-order valence-corrected chi connectivity index (χ2v) is 6.54. The van der Waals surface area contributed by atoms with Gasteiger partial charge in [0, 0.05) is 16.8 Å². The lowest BCUT2D eigenvalue weighted by molar-refractivity contribution is 0.102. The van der Waals surface area contributed by atoms with Crippen LogP contribution >= 0.6 is 0 Å². The van der Waals surface area contributed by atoms with Gasteiger partial charge in [-0.25, -0.2) is 9.37 Å². The maximum Gasteiger partial charge on any atom is 0.255 e. The Balaban J connectivity index is 1.50. The minimum Gasteiger partial charge on any atom is -0.494 e. The maximum absolute atomic E-state index is 13.1. The van der Waals surface area contributed by atoms with E-state index in [-0.39, 0.29) is 11.7 Å². The third kappa shape index (κ3) is 4.27. The average Bonchev–Trinajstić information content (AvgIpc) is 3.16. The summed E-state index contributed by atoms with van der Waals surface area (Å²) in [6.45, 7) is 2.68. The molecule has 0 unspecified atom stereocenters. The molecule has 29 heavy (non-hydrogen) atoms. The number of fused-ring (bicyclic) bond motifs is 1. The quantitative estimate of drug-likeness (QED) is 0.460. The Morgan fingerprint density at radius 2 is 1.83 bits per heavy atom. The van der Waals surface area contributed by atoms with Crippen LogP contribution in [-0.4, -0.2) is 17.5 Å². The van der Waals surface area contributed by atoms with Gasteiger partial charge in [0.15, 0.2) is 5.58 Å².